The van der Waals surface area contributed by atoms with E-state index in [4.69, 9.17) is 14.2 Å². The van der Waals surface area contributed by atoms with E-state index in [1.807, 2.05) is 30.3 Å². The Bertz CT molecular complexity index is 816. The van der Waals surface area contributed by atoms with Crippen LogP contribution in [0.15, 0.2) is 36.5 Å². The van der Waals surface area contributed by atoms with Crippen LogP contribution in [0.5, 0.6) is 0 Å². The highest BCUT2D eigenvalue weighted by atomic mass is 16.8. The van der Waals surface area contributed by atoms with Crippen LogP contribution in [0.1, 0.15) is 39.0 Å². The molecule has 0 spiro atoms. The van der Waals surface area contributed by atoms with Gasteiger partial charge in [-0.2, -0.15) is 0 Å². The molecule has 2 aromatic rings. The zero-order chi connectivity index (χ0) is 19.4. The first kappa shape index (κ1) is 18.5. The van der Waals surface area contributed by atoms with Crippen molar-refractivity contribution in [3.8, 4) is 0 Å². The SMILES string of the molecule is CC1(C)O[C@H]2O[C@H](Cn3cc(C(C)(C)O)nn3)[C@](O)(c3ccccc3)[C@H]2O1. The van der Waals surface area contributed by atoms with Gasteiger partial charge in [-0.05, 0) is 33.3 Å². The van der Waals surface area contributed by atoms with Crippen LogP contribution in [0.4, 0.5) is 0 Å². The van der Waals surface area contributed by atoms with E-state index >= 15 is 0 Å². The Labute approximate surface area is 157 Å². The molecule has 3 heterocycles. The van der Waals surface area contributed by atoms with Crippen LogP contribution in [0, 0.1) is 0 Å². The second kappa shape index (κ2) is 6.08. The normalized spacial score (nSPS) is 32.6. The quantitative estimate of drug-likeness (QED) is 0.830. The highest BCUT2D eigenvalue weighted by molar-refractivity contribution is 5.28. The van der Waals surface area contributed by atoms with E-state index in [1.165, 1.54) is 0 Å². The topological polar surface area (TPSA) is 98.9 Å². The highest BCUT2D eigenvalue weighted by Gasteiger charge is 2.63. The van der Waals surface area contributed by atoms with Gasteiger partial charge in [-0.15, -0.1) is 5.10 Å². The van der Waals surface area contributed by atoms with Gasteiger partial charge in [-0.3, -0.25) is 0 Å². The second-order valence-corrected chi connectivity index (χ2v) is 8.13. The van der Waals surface area contributed by atoms with Gasteiger partial charge in [0.15, 0.2) is 12.1 Å². The molecule has 2 aliphatic heterocycles. The third-order valence-corrected chi connectivity index (χ3v) is 5.04. The molecule has 2 N–H and O–H groups in total. The van der Waals surface area contributed by atoms with Crippen LogP contribution in [0.2, 0.25) is 0 Å². The van der Waals surface area contributed by atoms with Crippen molar-refractivity contribution < 1.29 is 24.4 Å². The molecule has 2 aliphatic rings. The Kier molecular flexibility index (Phi) is 4.17. The summed E-state index contributed by atoms with van der Waals surface area (Å²) in [6.07, 6.45) is -0.374. The molecule has 2 saturated heterocycles. The van der Waals surface area contributed by atoms with Gasteiger partial charge in [0.05, 0.1) is 12.7 Å². The molecule has 8 nitrogen and oxygen atoms in total. The summed E-state index contributed by atoms with van der Waals surface area (Å²) in [6.45, 7) is 7.10. The van der Waals surface area contributed by atoms with Crippen LogP contribution in [0.3, 0.4) is 0 Å². The van der Waals surface area contributed by atoms with Gasteiger partial charge in [-0.1, -0.05) is 35.5 Å². The number of hydrogen-bond donors (Lipinski definition) is 2. The molecule has 4 atom stereocenters. The van der Waals surface area contributed by atoms with Gasteiger partial charge >= 0.3 is 0 Å². The Hall–Kier alpha value is -1.84. The molecule has 1 aromatic carbocycles. The van der Waals surface area contributed by atoms with Crippen molar-refractivity contribution in [2.24, 2.45) is 0 Å². The van der Waals surface area contributed by atoms with Crippen molar-refractivity contribution in [1.82, 2.24) is 15.0 Å². The summed E-state index contributed by atoms with van der Waals surface area (Å²) in [7, 11) is 0. The average Bonchev–Trinajstić information content (AvgIpc) is 3.24. The molecule has 146 valence electrons. The van der Waals surface area contributed by atoms with E-state index in [2.05, 4.69) is 10.3 Å². The van der Waals surface area contributed by atoms with E-state index < -0.39 is 35.5 Å². The Morgan fingerprint density at radius 2 is 1.89 bits per heavy atom. The molecular formula is C19H25N3O5. The zero-order valence-corrected chi connectivity index (χ0v) is 15.9. The molecule has 0 unspecified atom stereocenters. The first-order valence-electron chi connectivity index (χ1n) is 9.01. The number of aromatic nitrogens is 3. The smallest absolute Gasteiger partial charge is 0.191 e. The van der Waals surface area contributed by atoms with E-state index in [1.54, 1.807) is 38.6 Å². The Morgan fingerprint density at radius 1 is 1.19 bits per heavy atom. The predicted octanol–water partition coefficient (Wildman–Crippen LogP) is 1.27. The summed E-state index contributed by atoms with van der Waals surface area (Å²) in [4.78, 5) is 0. The average molecular weight is 375 g/mol. The molecule has 8 heteroatoms. The van der Waals surface area contributed by atoms with Crippen LogP contribution in [-0.4, -0.2) is 49.5 Å². The predicted molar refractivity (Wildman–Crippen MR) is 94.3 cm³/mol. The van der Waals surface area contributed by atoms with E-state index in [0.29, 0.717) is 11.3 Å². The summed E-state index contributed by atoms with van der Waals surface area (Å²) < 4.78 is 19.4. The zero-order valence-electron chi connectivity index (χ0n) is 15.9. The van der Waals surface area contributed by atoms with Crippen molar-refractivity contribution in [3.63, 3.8) is 0 Å². The maximum absolute atomic E-state index is 11.7. The van der Waals surface area contributed by atoms with Gasteiger partial charge in [0.2, 0.25) is 0 Å². The molecular weight excluding hydrogens is 350 g/mol. The molecule has 4 rings (SSSR count). The molecule has 0 radical (unpaired) electrons. The monoisotopic (exact) mass is 375 g/mol. The summed E-state index contributed by atoms with van der Waals surface area (Å²) in [6, 6.07) is 9.30. The number of fused-ring (bicyclic) bond motifs is 1. The molecule has 0 amide bonds. The summed E-state index contributed by atoms with van der Waals surface area (Å²) in [5, 5.41) is 29.9. The lowest BCUT2D eigenvalue weighted by Crippen LogP contribution is -2.47. The van der Waals surface area contributed by atoms with Gasteiger partial charge in [0.25, 0.3) is 0 Å². The fourth-order valence-corrected chi connectivity index (χ4v) is 3.65. The maximum Gasteiger partial charge on any atom is 0.191 e. The minimum absolute atomic E-state index is 0.231. The molecule has 0 aliphatic carbocycles. The maximum atomic E-state index is 11.7. The summed E-state index contributed by atoms with van der Waals surface area (Å²) in [5.74, 6) is -0.843. The minimum Gasteiger partial charge on any atom is -0.384 e. The van der Waals surface area contributed by atoms with Gasteiger partial charge in [0.1, 0.15) is 29.1 Å². The highest BCUT2D eigenvalue weighted by Crippen LogP contribution is 2.48. The minimum atomic E-state index is -1.42. The van der Waals surface area contributed by atoms with Crippen molar-refractivity contribution >= 4 is 0 Å². The Balaban J connectivity index is 1.67. The molecule has 0 saturated carbocycles. The van der Waals surface area contributed by atoms with Gasteiger partial charge < -0.3 is 24.4 Å². The fourth-order valence-electron chi connectivity index (χ4n) is 3.65. The number of nitrogens with zero attached hydrogens (tertiary/aromatic N) is 3. The summed E-state index contributed by atoms with van der Waals surface area (Å²) >= 11 is 0. The lowest BCUT2D eigenvalue weighted by molar-refractivity contribution is -0.233. The third-order valence-electron chi connectivity index (χ3n) is 5.04. The van der Waals surface area contributed by atoms with Crippen molar-refractivity contribution in [2.45, 2.75) is 69.7 Å². The van der Waals surface area contributed by atoms with Crippen LogP contribution in [-0.2, 0) is 32.0 Å². The number of benzene rings is 1. The van der Waals surface area contributed by atoms with Crippen molar-refractivity contribution in [2.75, 3.05) is 0 Å². The van der Waals surface area contributed by atoms with E-state index in [9.17, 15) is 10.2 Å². The first-order chi connectivity index (χ1) is 12.6. The molecule has 27 heavy (non-hydrogen) atoms. The standard InChI is InChI=1S/C19H25N3O5/c1-17(2,23)13-10-22(21-20-13)11-14-19(24,12-8-6-5-7-9-12)15-16(25-14)27-18(3,4)26-15/h5-10,14-16,23-24H,11H2,1-4H3/t14-,15+,16-,19-/m1/s1. The van der Waals surface area contributed by atoms with E-state index in [0.717, 1.165) is 0 Å². The Morgan fingerprint density at radius 3 is 2.52 bits per heavy atom. The summed E-state index contributed by atoms with van der Waals surface area (Å²) in [5.41, 5.74) is -1.39. The molecule has 0 bridgehead atoms. The molecule has 1 aromatic heterocycles. The molecule has 2 fully saturated rings. The number of aliphatic hydroxyl groups is 2. The lowest BCUT2D eigenvalue weighted by Gasteiger charge is -2.34. The van der Waals surface area contributed by atoms with E-state index in [-0.39, 0.29) is 6.54 Å². The van der Waals surface area contributed by atoms with Crippen LogP contribution < -0.4 is 0 Å². The fraction of sp³-hybridized carbons (Fsp3) is 0.579. The lowest BCUT2D eigenvalue weighted by atomic mass is 9.84. The van der Waals surface area contributed by atoms with Gasteiger partial charge in [0, 0.05) is 0 Å². The largest absolute Gasteiger partial charge is 0.384 e. The first-order valence-corrected chi connectivity index (χ1v) is 9.01. The second-order valence-electron chi connectivity index (χ2n) is 8.13. The third kappa shape index (κ3) is 3.17. The van der Waals surface area contributed by atoms with Crippen LogP contribution >= 0.6 is 0 Å². The van der Waals surface area contributed by atoms with Crippen molar-refractivity contribution in [1.29, 1.82) is 0 Å². The number of hydrogen-bond acceptors (Lipinski definition) is 7. The van der Waals surface area contributed by atoms with Crippen LogP contribution in [0.25, 0.3) is 0 Å². The number of ether oxygens (including phenoxy) is 3. The number of rotatable bonds is 4. The van der Waals surface area contributed by atoms with Gasteiger partial charge in [-0.25, -0.2) is 4.68 Å². The van der Waals surface area contributed by atoms with Crippen molar-refractivity contribution in [3.05, 3.63) is 47.8 Å².